The first-order valence-electron chi connectivity index (χ1n) is 13.0. The van der Waals surface area contributed by atoms with Crippen molar-refractivity contribution < 1.29 is 33.0 Å². The molecule has 0 aliphatic heterocycles. The summed E-state index contributed by atoms with van der Waals surface area (Å²) in [5.74, 6) is 0.648. The highest BCUT2D eigenvalue weighted by Gasteiger charge is 2.56. The van der Waals surface area contributed by atoms with Crippen LogP contribution in [0.3, 0.4) is 0 Å². The number of hydrogen-bond donors (Lipinski definition) is 2. The van der Waals surface area contributed by atoms with Crippen molar-refractivity contribution in [1.29, 1.82) is 0 Å². The lowest BCUT2D eigenvalue weighted by Gasteiger charge is -2.58. The molecule has 200 valence electrons. The zero-order chi connectivity index (χ0) is 26.4. The number of thiophene rings is 1. The first kappa shape index (κ1) is 25.1. The van der Waals surface area contributed by atoms with Gasteiger partial charge in [0.1, 0.15) is 24.1 Å². The Kier molecular flexibility index (Phi) is 6.50. The van der Waals surface area contributed by atoms with Crippen LogP contribution in [0.25, 0.3) is 10.1 Å². The van der Waals surface area contributed by atoms with Crippen molar-refractivity contribution in [1.82, 2.24) is 5.32 Å². The highest BCUT2D eigenvalue weighted by atomic mass is 32.1. The van der Waals surface area contributed by atoms with Crippen LogP contribution in [0, 0.1) is 23.2 Å². The Morgan fingerprint density at radius 2 is 1.66 bits per heavy atom. The average molecular weight is 542 g/mol. The smallest absolute Gasteiger partial charge is 0.387 e. The van der Waals surface area contributed by atoms with Crippen molar-refractivity contribution in [2.75, 3.05) is 0 Å². The van der Waals surface area contributed by atoms with Gasteiger partial charge in [0.2, 0.25) is 0 Å². The van der Waals surface area contributed by atoms with E-state index in [2.05, 4.69) is 10.1 Å². The van der Waals surface area contributed by atoms with E-state index < -0.39 is 29.9 Å². The fourth-order valence-corrected chi connectivity index (χ4v) is 8.28. The predicted molar refractivity (Wildman–Crippen MR) is 139 cm³/mol. The standard InChI is InChI=1S/C29H29F2NO5S/c30-28(31)37-20-3-1-16(2-4-20)15-36-24-21-7-8-38-23(21)6-5-22(24)26(33)32-25(27(34)35)29-12-17-9-18(13-29)11-19(10-17)14-29/h1-8,17-19,25,28H,9-15H2,(H,32,33)(H,34,35). The summed E-state index contributed by atoms with van der Waals surface area (Å²) in [5.41, 5.74) is 0.595. The number of benzene rings is 2. The first-order valence-corrected chi connectivity index (χ1v) is 13.9. The summed E-state index contributed by atoms with van der Waals surface area (Å²) in [5, 5.41) is 15.8. The van der Waals surface area contributed by atoms with E-state index in [9.17, 15) is 23.5 Å². The van der Waals surface area contributed by atoms with E-state index in [1.165, 1.54) is 42.7 Å². The number of carbonyl (C=O) groups excluding carboxylic acids is 1. The van der Waals surface area contributed by atoms with E-state index in [4.69, 9.17) is 4.74 Å². The number of carboxylic acid groups (broad SMARTS) is 1. The second kappa shape index (κ2) is 9.84. The summed E-state index contributed by atoms with van der Waals surface area (Å²) in [6, 6.07) is 10.6. The lowest BCUT2D eigenvalue weighted by molar-refractivity contribution is -0.150. The monoisotopic (exact) mass is 541 g/mol. The summed E-state index contributed by atoms with van der Waals surface area (Å²) in [7, 11) is 0. The first-order chi connectivity index (χ1) is 18.3. The molecule has 1 heterocycles. The van der Waals surface area contributed by atoms with Gasteiger partial charge < -0.3 is 19.9 Å². The molecular weight excluding hydrogens is 512 g/mol. The third-order valence-corrected chi connectivity index (χ3v) is 9.46. The molecule has 4 fully saturated rings. The second-order valence-corrected chi connectivity index (χ2v) is 12.1. The van der Waals surface area contributed by atoms with Crippen LogP contribution in [0.4, 0.5) is 8.78 Å². The van der Waals surface area contributed by atoms with Gasteiger partial charge in [0.15, 0.2) is 0 Å². The molecule has 7 rings (SSSR count). The summed E-state index contributed by atoms with van der Waals surface area (Å²) in [6.07, 6.45) is 6.11. The van der Waals surface area contributed by atoms with Gasteiger partial charge in [-0.25, -0.2) is 4.79 Å². The number of ether oxygens (including phenoxy) is 2. The number of rotatable bonds is 9. The van der Waals surface area contributed by atoms with Gasteiger partial charge in [-0.05, 0) is 97.6 Å². The van der Waals surface area contributed by atoms with Gasteiger partial charge in [-0.1, -0.05) is 12.1 Å². The number of aliphatic carboxylic acids is 1. The van der Waals surface area contributed by atoms with Gasteiger partial charge in [-0.3, -0.25) is 4.79 Å². The third-order valence-electron chi connectivity index (χ3n) is 8.58. The molecule has 1 unspecified atom stereocenters. The van der Waals surface area contributed by atoms with Crippen LogP contribution in [0.2, 0.25) is 0 Å². The molecule has 4 bridgehead atoms. The van der Waals surface area contributed by atoms with Crippen LogP contribution in [-0.4, -0.2) is 29.6 Å². The molecule has 1 aromatic heterocycles. The van der Waals surface area contributed by atoms with Crippen molar-refractivity contribution in [3.8, 4) is 11.5 Å². The number of alkyl halides is 2. The molecule has 4 aliphatic carbocycles. The van der Waals surface area contributed by atoms with E-state index in [-0.39, 0.29) is 17.9 Å². The predicted octanol–water partition coefficient (Wildman–Crippen LogP) is 6.48. The van der Waals surface area contributed by atoms with Crippen molar-refractivity contribution >= 4 is 33.3 Å². The normalized spacial score (nSPS) is 26.4. The van der Waals surface area contributed by atoms with Crippen LogP contribution in [0.15, 0.2) is 47.8 Å². The number of fused-ring (bicyclic) bond motifs is 1. The quantitative estimate of drug-likeness (QED) is 0.324. The maximum absolute atomic E-state index is 13.7. The lowest BCUT2D eigenvalue weighted by atomic mass is 9.47. The zero-order valence-electron chi connectivity index (χ0n) is 20.7. The largest absolute Gasteiger partial charge is 0.487 e. The molecule has 4 saturated carbocycles. The molecule has 2 N–H and O–H groups in total. The minimum atomic E-state index is -2.90. The molecular formula is C29H29F2NO5S. The van der Waals surface area contributed by atoms with Crippen LogP contribution >= 0.6 is 11.3 Å². The molecule has 9 heteroatoms. The minimum Gasteiger partial charge on any atom is -0.487 e. The molecule has 1 amide bonds. The SMILES string of the molecule is O=C(NC(C(=O)O)C12CC3CC(CC(C3)C1)C2)c1ccc2sccc2c1OCc1ccc(OC(F)F)cc1. The van der Waals surface area contributed by atoms with E-state index in [1.807, 2.05) is 17.5 Å². The fourth-order valence-electron chi connectivity index (χ4n) is 7.49. The van der Waals surface area contributed by atoms with Crippen molar-refractivity contribution in [3.05, 3.63) is 59.0 Å². The number of carbonyl (C=O) groups is 2. The van der Waals surface area contributed by atoms with Gasteiger partial charge >= 0.3 is 12.6 Å². The number of nitrogens with one attached hydrogen (secondary N) is 1. The minimum absolute atomic E-state index is 0.0492. The summed E-state index contributed by atoms with van der Waals surface area (Å²) in [4.78, 5) is 26.2. The summed E-state index contributed by atoms with van der Waals surface area (Å²) in [6.45, 7) is -2.80. The van der Waals surface area contributed by atoms with Crippen LogP contribution in [-0.2, 0) is 11.4 Å². The number of halogens is 2. The van der Waals surface area contributed by atoms with E-state index in [0.717, 1.165) is 29.3 Å². The number of carboxylic acids is 1. The molecule has 0 radical (unpaired) electrons. The molecule has 3 aromatic rings. The molecule has 38 heavy (non-hydrogen) atoms. The lowest BCUT2D eigenvalue weighted by Crippen LogP contribution is -2.59. The maximum Gasteiger partial charge on any atom is 0.387 e. The second-order valence-electron chi connectivity index (χ2n) is 11.1. The Morgan fingerprint density at radius 1 is 1.00 bits per heavy atom. The van der Waals surface area contributed by atoms with Crippen molar-refractivity contribution in [2.24, 2.45) is 23.2 Å². The zero-order valence-corrected chi connectivity index (χ0v) is 21.5. The van der Waals surface area contributed by atoms with Crippen LogP contribution in [0.5, 0.6) is 11.5 Å². The topological polar surface area (TPSA) is 84.9 Å². The Morgan fingerprint density at radius 3 is 2.26 bits per heavy atom. The Labute approximate surface area is 222 Å². The average Bonchev–Trinajstić information content (AvgIpc) is 3.34. The van der Waals surface area contributed by atoms with Crippen LogP contribution < -0.4 is 14.8 Å². The van der Waals surface area contributed by atoms with Gasteiger partial charge in [0.05, 0.1) is 5.56 Å². The van der Waals surface area contributed by atoms with Crippen molar-refractivity contribution in [3.63, 3.8) is 0 Å². The number of hydrogen-bond acceptors (Lipinski definition) is 5. The summed E-state index contributed by atoms with van der Waals surface area (Å²) < 4.78 is 36.4. The van der Waals surface area contributed by atoms with Gasteiger partial charge in [-0.2, -0.15) is 8.78 Å². The fraction of sp³-hybridized carbons (Fsp3) is 0.448. The van der Waals surface area contributed by atoms with E-state index in [1.54, 1.807) is 18.2 Å². The molecule has 2 aromatic carbocycles. The molecule has 0 spiro atoms. The highest BCUT2D eigenvalue weighted by Crippen LogP contribution is 2.61. The van der Waals surface area contributed by atoms with Crippen molar-refractivity contribution in [2.45, 2.75) is 57.8 Å². The van der Waals surface area contributed by atoms with Gasteiger partial charge in [-0.15, -0.1) is 11.3 Å². The molecule has 4 aliphatic rings. The van der Waals surface area contributed by atoms with E-state index in [0.29, 0.717) is 29.1 Å². The summed E-state index contributed by atoms with van der Waals surface area (Å²) >= 11 is 1.52. The third kappa shape index (κ3) is 4.72. The van der Waals surface area contributed by atoms with Crippen LogP contribution in [0.1, 0.15) is 54.4 Å². The molecule has 6 nitrogen and oxygen atoms in total. The Hall–Kier alpha value is -3.20. The van der Waals surface area contributed by atoms with Gasteiger partial charge in [0, 0.05) is 15.5 Å². The maximum atomic E-state index is 13.7. The Bertz CT molecular complexity index is 1320. The highest BCUT2D eigenvalue weighted by molar-refractivity contribution is 7.17. The van der Waals surface area contributed by atoms with E-state index >= 15 is 0 Å². The Balaban J connectivity index is 1.25. The molecule has 1 atom stereocenters. The van der Waals surface area contributed by atoms with Gasteiger partial charge in [0.25, 0.3) is 5.91 Å². The number of amides is 1. The molecule has 0 saturated heterocycles.